The van der Waals surface area contributed by atoms with Crippen molar-refractivity contribution in [2.24, 2.45) is 0 Å². The second kappa shape index (κ2) is 8.90. The summed E-state index contributed by atoms with van der Waals surface area (Å²) in [6.07, 6.45) is 1.49. The number of nitrogens with one attached hydrogen (secondary N) is 1. The standard InChI is InChI=1S/C17H10BrCl2IN2O2/c1-25-16-11(18)6-9(7-13(16)21)5-10(8-22)17(24)23-14-4-2-3-12(19)15(14)20/h2-7H,1H3,(H,23,24)/b10-5-. The second-order valence-electron chi connectivity index (χ2n) is 4.74. The number of carbonyl (C=O) groups excluding carboxylic acids is 1. The maximum atomic E-state index is 12.4. The van der Waals surface area contributed by atoms with E-state index in [1.807, 2.05) is 6.07 Å². The van der Waals surface area contributed by atoms with Crippen LogP contribution in [-0.4, -0.2) is 13.0 Å². The summed E-state index contributed by atoms with van der Waals surface area (Å²) in [5.74, 6) is 0.111. The molecule has 0 unspecified atom stereocenters. The van der Waals surface area contributed by atoms with Gasteiger partial charge in [-0.05, 0) is 74.4 Å². The van der Waals surface area contributed by atoms with E-state index in [0.717, 1.165) is 8.04 Å². The van der Waals surface area contributed by atoms with E-state index in [0.29, 0.717) is 22.0 Å². The van der Waals surface area contributed by atoms with E-state index < -0.39 is 5.91 Å². The van der Waals surface area contributed by atoms with Gasteiger partial charge in [-0.2, -0.15) is 5.26 Å². The number of amides is 1. The monoisotopic (exact) mass is 550 g/mol. The van der Waals surface area contributed by atoms with Crippen molar-refractivity contribution in [1.82, 2.24) is 0 Å². The van der Waals surface area contributed by atoms with Crippen molar-refractivity contribution in [3.63, 3.8) is 0 Å². The molecule has 0 bridgehead atoms. The molecule has 0 atom stereocenters. The third kappa shape index (κ3) is 4.88. The van der Waals surface area contributed by atoms with Gasteiger partial charge in [0.15, 0.2) is 0 Å². The third-order valence-corrected chi connectivity index (χ3v) is 5.31. The molecule has 2 rings (SSSR count). The van der Waals surface area contributed by atoms with Crippen LogP contribution in [0.1, 0.15) is 5.56 Å². The number of carbonyl (C=O) groups is 1. The zero-order chi connectivity index (χ0) is 18.6. The Morgan fingerprint density at radius 2 is 2.12 bits per heavy atom. The molecule has 128 valence electrons. The number of nitriles is 1. The van der Waals surface area contributed by atoms with Gasteiger partial charge in [0.2, 0.25) is 0 Å². The first-order valence-electron chi connectivity index (χ1n) is 6.77. The predicted molar refractivity (Wildman–Crippen MR) is 112 cm³/mol. The molecule has 2 aromatic carbocycles. The van der Waals surface area contributed by atoms with E-state index >= 15 is 0 Å². The first-order chi connectivity index (χ1) is 11.9. The van der Waals surface area contributed by atoms with Crippen LogP contribution in [0.4, 0.5) is 5.69 Å². The molecule has 0 aliphatic rings. The van der Waals surface area contributed by atoms with Crippen LogP contribution in [0.25, 0.3) is 6.08 Å². The molecule has 0 radical (unpaired) electrons. The summed E-state index contributed by atoms with van der Waals surface area (Å²) in [5.41, 5.74) is 0.954. The molecule has 4 nitrogen and oxygen atoms in total. The van der Waals surface area contributed by atoms with Gasteiger partial charge in [-0.3, -0.25) is 4.79 Å². The predicted octanol–water partition coefficient (Wildman–Crippen LogP) is 5.91. The highest BCUT2D eigenvalue weighted by Gasteiger charge is 2.14. The van der Waals surface area contributed by atoms with Crippen molar-refractivity contribution in [1.29, 1.82) is 5.26 Å². The Hall–Kier alpha value is -1.27. The molecule has 8 heteroatoms. The lowest BCUT2D eigenvalue weighted by atomic mass is 10.1. The Labute approximate surface area is 177 Å². The largest absolute Gasteiger partial charge is 0.494 e. The van der Waals surface area contributed by atoms with Crippen LogP contribution in [0.2, 0.25) is 10.0 Å². The van der Waals surface area contributed by atoms with Crippen molar-refractivity contribution >= 4 is 79.4 Å². The van der Waals surface area contributed by atoms with Crippen molar-refractivity contribution < 1.29 is 9.53 Å². The van der Waals surface area contributed by atoms with Gasteiger partial charge in [-0.1, -0.05) is 29.3 Å². The van der Waals surface area contributed by atoms with Crippen molar-refractivity contribution in [3.8, 4) is 11.8 Å². The summed E-state index contributed by atoms with van der Waals surface area (Å²) in [5, 5.41) is 12.4. The number of rotatable bonds is 4. The number of anilines is 1. The van der Waals surface area contributed by atoms with Gasteiger partial charge in [-0.15, -0.1) is 0 Å². The van der Waals surface area contributed by atoms with Gasteiger partial charge in [-0.25, -0.2) is 0 Å². The van der Waals surface area contributed by atoms with Crippen LogP contribution >= 0.6 is 61.7 Å². The molecular weight excluding hydrogens is 542 g/mol. The lowest BCUT2D eigenvalue weighted by Crippen LogP contribution is -2.13. The minimum absolute atomic E-state index is 0.0658. The first-order valence-corrected chi connectivity index (χ1v) is 9.40. The van der Waals surface area contributed by atoms with Crippen LogP contribution in [0.5, 0.6) is 5.75 Å². The number of benzene rings is 2. The van der Waals surface area contributed by atoms with Crippen LogP contribution < -0.4 is 10.1 Å². The van der Waals surface area contributed by atoms with Gasteiger partial charge in [0.1, 0.15) is 17.4 Å². The van der Waals surface area contributed by atoms with Gasteiger partial charge >= 0.3 is 0 Å². The minimum atomic E-state index is -0.575. The smallest absolute Gasteiger partial charge is 0.266 e. The summed E-state index contributed by atoms with van der Waals surface area (Å²) in [6.45, 7) is 0. The van der Waals surface area contributed by atoms with E-state index in [2.05, 4.69) is 43.8 Å². The Kier molecular flexibility index (Phi) is 7.14. The SMILES string of the molecule is COc1c(Br)cc(/C=C(/C#N)C(=O)Nc2cccc(Cl)c2Cl)cc1I. The summed E-state index contributed by atoms with van der Waals surface area (Å²) < 4.78 is 6.84. The lowest BCUT2D eigenvalue weighted by Gasteiger charge is -2.09. The van der Waals surface area contributed by atoms with E-state index in [1.165, 1.54) is 6.08 Å². The van der Waals surface area contributed by atoms with Crippen LogP contribution in [0.3, 0.4) is 0 Å². The fourth-order valence-corrected chi connectivity index (χ4v) is 4.19. The molecule has 0 aromatic heterocycles. The minimum Gasteiger partial charge on any atom is -0.494 e. The quantitative estimate of drug-likeness (QED) is 0.292. The average molecular weight is 552 g/mol. The molecule has 25 heavy (non-hydrogen) atoms. The highest BCUT2D eigenvalue weighted by Crippen LogP contribution is 2.33. The number of hydrogen-bond acceptors (Lipinski definition) is 3. The van der Waals surface area contributed by atoms with E-state index in [1.54, 1.807) is 37.4 Å². The second-order valence-corrected chi connectivity index (χ2v) is 7.54. The molecule has 2 aromatic rings. The Balaban J connectivity index is 2.33. The van der Waals surface area contributed by atoms with E-state index in [4.69, 9.17) is 27.9 Å². The molecule has 0 spiro atoms. The number of ether oxygens (including phenoxy) is 1. The normalized spacial score (nSPS) is 11.0. The van der Waals surface area contributed by atoms with Gasteiger partial charge < -0.3 is 10.1 Å². The zero-order valence-corrected chi connectivity index (χ0v) is 18.0. The van der Waals surface area contributed by atoms with E-state index in [-0.39, 0.29) is 10.6 Å². The fourth-order valence-electron chi connectivity index (χ4n) is 1.96. The van der Waals surface area contributed by atoms with Crippen molar-refractivity contribution in [2.45, 2.75) is 0 Å². The average Bonchev–Trinajstić information content (AvgIpc) is 2.56. The third-order valence-electron chi connectivity index (χ3n) is 3.10. The molecular formula is C17H10BrCl2IN2O2. The Morgan fingerprint density at radius 3 is 2.72 bits per heavy atom. The number of nitrogens with zero attached hydrogens (tertiary/aromatic N) is 1. The molecule has 1 N–H and O–H groups in total. The maximum Gasteiger partial charge on any atom is 0.266 e. The molecule has 0 aliphatic heterocycles. The summed E-state index contributed by atoms with van der Waals surface area (Å²) in [6, 6.07) is 10.3. The molecule has 0 saturated heterocycles. The van der Waals surface area contributed by atoms with Gasteiger partial charge in [0.05, 0.1) is 30.9 Å². The Morgan fingerprint density at radius 1 is 1.40 bits per heavy atom. The highest BCUT2D eigenvalue weighted by molar-refractivity contribution is 14.1. The molecule has 0 fully saturated rings. The van der Waals surface area contributed by atoms with Gasteiger partial charge in [0.25, 0.3) is 5.91 Å². The van der Waals surface area contributed by atoms with Gasteiger partial charge in [0, 0.05) is 0 Å². The van der Waals surface area contributed by atoms with Crippen molar-refractivity contribution in [2.75, 3.05) is 12.4 Å². The van der Waals surface area contributed by atoms with Crippen LogP contribution in [0, 0.1) is 14.9 Å². The van der Waals surface area contributed by atoms with Crippen LogP contribution in [0.15, 0.2) is 40.4 Å². The summed E-state index contributed by atoms with van der Waals surface area (Å²) >= 11 is 17.5. The number of methoxy groups -OCH3 is 1. The van der Waals surface area contributed by atoms with Crippen molar-refractivity contribution in [3.05, 3.63) is 59.6 Å². The summed E-state index contributed by atoms with van der Waals surface area (Å²) in [7, 11) is 1.57. The molecule has 0 aliphatic carbocycles. The van der Waals surface area contributed by atoms with Crippen LogP contribution in [-0.2, 0) is 4.79 Å². The first kappa shape index (κ1) is 20.0. The number of halogens is 4. The molecule has 1 amide bonds. The topological polar surface area (TPSA) is 62.1 Å². The molecule has 0 saturated carbocycles. The van der Waals surface area contributed by atoms with E-state index in [9.17, 15) is 10.1 Å². The maximum absolute atomic E-state index is 12.4. The molecule has 0 heterocycles. The fraction of sp³-hybridized carbons (Fsp3) is 0.0588. The zero-order valence-electron chi connectivity index (χ0n) is 12.7. The summed E-state index contributed by atoms with van der Waals surface area (Å²) in [4.78, 5) is 12.4. The lowest BCUT2D eigenvalue weighted by molar-refractivity contribution is -0.112. The Bertz CT molecular complexity index is 887. The number of hydrogen-bond donors (Lipinski definition) is 1. The highest BCUT2D eigenvalue weighted by atomic mass is 127.